The SMILES string of the molecule is CCc1ccc(-c2c(C)cc(C)c(B(c3c(C)cc(C)c(-c4ccc(CC(F)(F)F)nc4)c3C)c3c(C)cc(C)c(-c4ccc(CC(F)(F)F)nc4)c3C)c2C)cn1. The lowest BCUT2D eigenvalue weighted by Crippen LogP contribution is -2.58. The first-order valence-corrected chi connectivity index (χ1v) is 19.5. The zero-order valence-electron chi connectivity index (χ0n) is 34.7. The standard InChI is InChI=1S/C48H48BF6N3/c1-11-38-15-12-35(23-56-38)41-26(2)18-29(5)44(32(41)8)49(45-30(6)19-27(3)42(33(45)9)36-13-16-39(57-24-36)21-47(50,51)52)46-31(7)20-28(4)43(34(46)10)37-14-17-40(58-25-37)22-48(53,54)55/h12-20,23-25H,11,21-22H2,1-10H3. The molecule has 0 unspecified atom stereocenters. The molecule has 0 spiro atoms. The Hall–Kier alpha value is -5.25. The summed E-state index contributed by atoms with van der Waals surface area (Å²) in [4.78, 5) is 13.2. The topological polar surface area (TPSA) is 38.7 Å². The molecular weight excluding hydrogens is 743 g/mol. The Morgan fingerprint density at radius 2 is 0.724 bits per heavy atom. The lowest BCUT2D eigenvalue weighted by Gasteiger charge is -2.31. The summed E-state index contributed by atoms with van der Waals surface area (Å²) >= 11 is 0. The second-order valence-electron chi connectivity index (χ2n) is 15.8. The minimum atomic E-state index is -4.37. The van der Waals surface area contributed by atoms with Gasteiger partial charge in [0.2, 0.25) is 6.71 Å². The number of rotatable bonds is 9. The predicted molar refractivity (Wildman–Crippen MR) is 225 cm³/mol. The van der Waals surface area contributed by atoms with Crippen LogP contribution in [0.25, 0.3) is 33.4 Å². The molecule has 0 fully saturated rings. The average Bonchev–Trinajstić information content (AvgIpc) is 3.11. The van der Waals surface area contributed by atoms with E-state index in [-0.39, 0.29) is 18.1 Å². The van der Waals surface area contributed by atoms with Gasteiger partial charge in [-0.1, -0.05) is 76.4 Å². The van der Waals surface area contributed by atoms with Gasteiger partial charge in [-0.05, 0) is 137 Å². The Kier molecular flexibility index (Phi) is 11.8. The molecule has 3 aromatic carbocycles. The molecule has 0 radical (unpaired) electrons. The monoisotopic (exact) mass is 791 g/mol. The Morgan fingerprint density at radius 1 is 0.431 bits per heavy atom. The lowest BCUT2D eigenvalue weighted by molar-refractivity contribution is -0.128. The third-order valence-electron chi connectivity index (χ3n) is 11.4. The molecule has 300 valence electrons. The normalized spacial score (nSPS) is 12.0. The molecule has 6 rings (SSSR count). The maximum absolute atomic E-state index is 13.3. The van der Waals surface area contributed by atoms with E-state index < -0.39 is 25.2 Å². The third kappa shape index (κ3) is 8.62. The van der Waals surface area contributed by atoms with Crippen LogP contribution in [0.1, 0.15) is 74.1 Å². The van der Waals surface area contributed by atoms with E-state index in [1.165, 1.54) is 24.5 Å². The minimum absolute atomic E-state index is 0.0453. The van der Waals surface area contributed by atoms with Crippen LogP contribution in [0, 0.1) is 62.3 Å². The molecule has 3 aromatic heterocycles. The van der Waals surface area contributed by atoms with Crippen molar-refractivity contribution in [3.8, 4) is 33.4 Å². The van der Waals surface area contributed by atoms with Crippen LogP contribution in [-0.4, -0.2) is 34.0 Å². The van der Waals surface area contributed by atoms with Crippen molar-refractivity contribution in [1.29, 1.82) is 0 Å². The number of pyridine rings is 3. The van der Waals surface area contributed by atoms with Crippen LogP contribution in [0.3, 0.4) is 0 Å². The molecule has 0 aliphatic rings. The van der Waals surface area contributed by atoms with Crippen LogP contribution < -0.4 is 16.4 Å². The van der Waals surface area contributed by atoms with Crippen molar-refractivity contribution < 1.29 is 26.3 Å². The first-order valence-electron chi connectivity index (χ1n) is 19.5. The van der Waals surface area contributed by atoms with Gasteiger partial charge in [0.05, 0.1) is 12.8 Å². The van der Waals surface area contributed by atoms with Crippen molar-refractivity contribution in [2.24, 2.45) is 0 Å². The van der Waals surface area contributed by atoms with E-state index in [9.17, 15) is 26.3 Å². The molecule has 6 aromatic rings. The largest absolute Gasteiger partial charge is 0.394 e. The number of alkyl halides is 6. The summed E-state index contributed by atoms with van der Waals surface area (Å²) in [7, 11) is 0. The number of benzene rings is 3. The number of hydrogen-bond donors (Lipinski definition) is 0. The summed E-state index contributed by atoms with van der Waals surface area (Å²) in [5, 5.41) is 0. The van der Waals surface area contributed by atoms with Crippen LogP contribution in [0.15, 0.2) is 73.2 Å². The molecule has 10 heteroatoms. The summed E-state index contributed by atoms with van der Waals surface area (Å²) < 4.78 is 79.7. The molecule has 0 amide bonds. The van der Waals surface area contributed by atoms with E-state index in [4.69, 9.17) is 4.98 Å². The Bertz CT molecular complexity index is 2360. The lowest BCUT2D eigenvalue weighted by atomic mass is 9.32. The maximum Gasteiger partial charge on any atom is 0.394 e. The number of nitrogens with zero attached hydrogens (tertiary/aromatic N) is 3. The highest BCUT2D eigenvalue weighted by molar-refractivity contribution is 6.97. The van der Waals surface area contributed by atoms with E-state index in [2.05, 4.69) is 95.7 Å². The van der Waals surface area contributed by atoms with Crippen molar-refractivity contribution in [3.05, 3.63) is 140 Å². The maximum atomic E-state index is 13.3. The average molecular weight is 792 g/mol. The number of hydrogen-bond acceptors (Lipinski definition) is 3. The third-order valence-corrected chi connectivity index (χ3v) is 11.4. The summed E-state index contributed by atoms with van der Waals surface area (Å²) in [6.07, 6.45) is -5.12. The van der Waals surface area contributed by atoms with Crippen molar-refractivity contribution in [2.45, 2.75) is 101 Å². The Morgan fingerprint density at radius 3 is 0.966 bits per heavy atom. The molecular formula is C48H48BF6N3. The molecule has 3 heterocycles. The van der Waals surface area contributed by atoms with Crippen LogP contribution in [0.4, 0.5) is 26.3 Å². The fraction of sp³-hybridized carbons (Fsp3) is 0.312. The first kappa shape index (κ1) is 42.4. The Balaban J connectivity index is 1.67. The van der Waals surface area contributed by atoms with E-state index in [0.29, 0.717) is 0 Å². The quantitative estimate of drug-likeness (QED) is 0.108. The fourth-order valence-electron chi connectivity index (χ4n) is 9.25. The molecule has 3 nitrogen and oxygen atoms in total. The zero-order valence-corrected chi connectivity index (χ0v) is 34.7. The van der Waals surface area contributed by atoms with Gasteiger partial charge in [-0.25, -0.2) is 0 Å². The van der Waals surface area contributed by atoms with Crippen LogP contribution in [0.5, 0.6) is 0 Å². The van der Waals surface area contributed by atoms with Gasteiger partial charge < -0.3 is 0 Å². The highest BCUT2D eigenvalue weighted by atomic mass is 19.4. The minimum Gasteiger partial charge on any atom is -0.261 e. The fourth-order valence-corrected chi connectivity index (χ4v) is 9.25. The molecule has 0 saturated heterocycles. The molecule has 0 aliphatic heterocycles. The van der Waals surface area contributed by atoms with Crippen molar-refractivity contribution in [2.75, 3.05) is 0 Å². The van der Waals surface area contributed by atoms with Gasteiger partial charge in [-0.2, -0.15) is 26.3 Å². The van der Waals surface area contributed by atoms with Crippen molar-refractivity contribution in [1.82, 2.24) is 15.0 Å². The van der Waals surface area contributed by atoms with Gasteiger partial charge in [0, 0.05) is 52.4 Å². The molecule has 0 aliphatic carbocycles. The van der Waals surface area contributed by atoms with Gasteiger partial charge in [-0.3, -0.25) is 15.0 Å². The van der Waals surface area contributed by atoms with E-state index in [1.807, 2.05) is 20.0 Å². The highest BCUT2D eigenvalue weighted by Gasteiger charge is 2.35. The van der Waals surface area contributed by atoms with E-state index in [0.717, 1.165) is 112 Å². The summed E-state index contributed by atoms with van der Waals surface area (Å²) in [6, 6.07) is 17.0. The highest BCUT2D eigenvalue weighted by Crippen LogP contribution is 2.34. The van der Waals surface area contributed by atoms with E-state index >= 15 is 0 Å². The Labute approximate surface area is 338 Å². The second kappa shape index (κ2) is 16.2. The van der Waals surface area contributed by atoms with Gasteiger partial charge in [0.1, 0.15) is 0 Å². The van der Waals surface area contributed by atoms with Gasteiger partial charge in [0.25, 0.3) is 0 Å². The van der Waals surface area contributed by atoms with Crippen LogP contribution in [0.2, 0.25) is 0 Å². The smallest absolute Gasteiger partial charge is 0.261 e. The molecule has 0 saturated carbocycles. The van der Waals surface area contributed by atoms with E-state index in [1.54, 1.807) is 12.1 Å². The van der Waals surface area contributed by atoms with Crippen LogP contribution in [-0.2, 0) is 19.3 Å². The molecule has 58 heavy (non-hydrogen) atoms. The van der Waals surface area contributed by atoms with Gasteiger partial charge in [-0.15, -0.1) is 0 Å². The number of aryl methyl sites for hydroxylation is 7. The van der Waals surface area contributed by atoms with Crippen molar-refractivity contribution in [3.63, 3.8) is 0 Å². The predicted octanol–water partition coefficient (Wildman–Crippen LogP) is 10.9. The molecule has 0 bridgehead atoms. The zero-order chi connectivity index (χ0) is 42.4. The molecule has 0 atom stereocenters. The summed E-state index contributed by atoms with van der Waals surface area (Å²) in [5.41, 5.74) is 18.9. The van der Waals surface area contributed by atoms with Gasteiger partial charge >= 0.3 is 12.4 Å². The summed E-state index contributed by atoms with van der Waals surface area (Å²) in [6.45, 7) is 20.6. The van der Waals surface area contributed by atoms with Crippen molar-refractivity contribution >= 4 is 23.1 Å². The molecule has 0 N–H and O–H groups in total. The summed E-state index contributed by atoms with van der Waals surface area (Å²) in [5.74, 6) is 0. The van der Waals surface area contributed by atoms with Crippen LogP contribution >= 0.6 is 0 Å². The van der Waals surface area contributed by atoms with Gasteiger partial charge in [0.15, 0.2) is 0 Å². The number of halogens is 6. The first-order chi connectivity index (χ1) is 27.2. The number of aromatic nitrogens is 3. The second-order valence-corrected chi connectivity index (χ2v) is 15.8.